The van der Waals surface area contributed by atoms with Gasteiger partial charge in [0, 0.05) is 22.8 Å². The van der Waals surface area contributed by atoms with Crippen LogP contribution in [0, 0.1) is 0 Å². The van der Waals surface area contributed by atoms with E-state index in [0.717, 1.165) is 0 Å². The average molecular weight is 498 g/mol. The number of methoxy groups -OCH3 is 2. The van der Waals surface area contributed by atoms with Crippen molar-refractivity contribution in [3.8, 4) is 23.0 Å². The molecule has 9 nitrogen and oxygen atoms in total. The minimum Gasteiger partial charge on any atom is -0.493 e. The number of carbonyl (C=O) groups is 2. The van der Waals surface area contributed by atoms with Crippen molar-refractivity contribution in [1.29, 1.82) is 0 Å². The number of anilines is 1. The maximum atomic E-state index is 12.8. The Bertz CT molecular complexity index is 1050. The van der Waals surface area contributed by atoms with Crippen molar-refractivity contribution >= 4 is 46.3 Å². The number of azo groups is 1. The molecule has 178 valence electrons. The van der Waals surface area contributed by atoms with Gasteiger partial charge in [0.25, 0.3) is 5.91 Å². The molecule has 0 aliphatic carbocycles. The second kappa shape index (κ2) is 12.3. The van der Waals surface area contributed by atoms with Crippen molar-refractivity contribution in [3.63, 3.8) is 0 Å². The van der Waals surface area contributed by atoms with Gasteiger partial charge in [-0.05, 0) is 32.9 Å². The van der Waals surface area contributed by atoms with Crippen molar-refractivity contribution in [3.05, 3.63) is 34.3 Å². The first-order valence-corrected chi connectivity index (χ1v) is 10.7. The highest BCUT2D eigenvalue weighted by Crippen LogP contribution is 2.41. The lowest BCUT2D eigenvalue weighted by Gasteiger charge is -2.15. The average Bonchev–Trinajstić information content (AvgIpc) is 2.75. The predicted octanol–water partition coefficient (Wildman–Crippen LogP) is 5.49. The smallest absolute Gasteiger partial charge is 0.258 e. The molecule has 1 N–H and O–H groups in total. The summed E-state index contributed by atoms with van der Waals surface area (Å²) in [6.07, 6.45) is 0. The molecule has 0 spiro atoms. The summed E-state index contributed by atoms with van der Waals surface area (Å²) < 4.78 is 21.6. The molecule has 1 unspecified atom stereocenters. The third-order valence-corrected chi connectivity index (χ3v) is 4.70. The van der Waals surface area contributed by atoms with Gasteiger partial charge in [-0.15, -0.1) is 0 Å². The van der Waals surface area contributed by atoms with Gasteiger partial charge in [-0.2, -0.15) is 10.2 Å². The zero-order chi connectivity index (χ0) is 24.5. The van der Waals surface area contributed by atoms with Crippen LogP contribution in [0.2, 0.25) is 10.0 Å². The molecule has 0 saturated carbocycles. The Kier molecular flexibility index (Phi) is 9.74. The van der Waals surface area contributed by atoms with Crippen LogP contribution in [-0.2, 0) is 9.59 Å². The summed E-state index contributed by atoms with van der Waals surface area (Å²) in [5, 5.41) is 11.2. The monoisotopic (exact) mass is 497 g/mol. The van der Waals surface area contributed by atoms with Crippen molar-refractivity contribution in [2.75, 3.05) is 32.8 Å². The molecule has 2 aromatic carbocycles. The molecule has 0 aliphatic heterocycles. The molecular weight excluding hydrogens is 473 g/mol. The van der Waals surface area contributed by atoms with Crippen molar-refractivity contribution in [2.45, 2.75) is 26.8 Å². The fourth-order valence-electron chi connectivity index (χ4n) is 2.82. The Morgan fingerprint density at radius 2 is 1.67 bits per heavy atom. The summed E-state index contributed by atoms with van der Waals surface area (Å²) >= 11 is 12.3. The number of rotatable bonds is 11. The van der Waals surface area contributed by atoms with E-state index in [1.54, 1.807) is 13.0 Å². The van der Waals surface area contributed by atoms with E-state index in [1.807, 2.05) is 6.92 Å². The van der Waals surface area contributed by atoms with Crippen LogP contribution in [0.15, 0.2) is 34.5 Å². The summed E-state index contributed by atoms with van der Waals surface area (Å²) in [6, 6.07) is 4.64. The molecule has 1 amide bonds. The van der Waals surface area contributed by atoms with Gasteiger partial charge in [0.2, 0.25) is 6.04 Å². The third kappa shape index (κ3) is 6.72. The molecule has 0 radical (unpaired) electrons. The SMILES string of the molecule is CCOc1cc(Cl)cc(N=NC(C(C)=O)C(=O)Nc2cc(Cl)c(OC)c(OC)c2)c1OCC. The molecule has 11 heteroatoms. The summed E-state index contributed by atoms with van der Waals surface area (Å²) in [4.78, 5) is 25.0. The minimum absolute atomic E-state index is 0.219. The van der Waals surface area contributed by atoms with E-state index in [-0.39, 0.29) is 10.7 Å². The Balaban J connectivity index is 2.36. The number of carbonyl (C=O) groups excluding carboxylic acids is 2. The van der Waals surface area contributed by atoms with Crippen LogP contribution in [0.4, 0.5) is 11.4 Å². The van der Waals surface area contributed by atoms with Gasteiger partial charge in [-0.25, -0.2) is 0 Å². The number of halogens is 2. The first kappa shape index (κ1) is 26.2. The number of nitrogens with zero attached hydrogens (tertiary/aromatic N) is 2. The van der Waals surface area contributed by atoms with Gasteiger partial charge in [0.15, 0.2) is 28.8 Å². The van der Waals surface area contributed by atoms with Crippen molar-refractivity contribution in [2.24, 2.45) is 10.2 Å². The van der Waals surface area contributed by atoms with Crippen LogP contribution >= 0.6 is 23.2 Å². The zero-order valence-corrected chi connectivity index (χ0v) is 20.4. The lowest BCUT2D eigenvalue weighted by atomic mass is 10.2. The molecule has 0 bridgehead atoms. The number of Topliss-reactive ketones (excluding diaryl/α,β-unsaturated/α-hetero) is 1. The lowest BCUT2D eigenvalue weighted by Crippen LogP contribution is -2.31. The number of ether oxygens (including phenoxy) is 4. The van der Waals surface area contributed by atoms with E-state index < -0.39 is 17.7 Å². The minimum atomic E-state index is -1.43. The van der Waals surface area contributed by atoms with Gasteiger partial charge in [-0.3, -0.25) is 9.59 Å². The molecule has 2 rings (SSSR count). The van der Waals surface area contributed by atoms with E-state index in [4.69, 9.17) is 42.1 Å². The van der Waals surface area contributed by atoms with E-state index >= 15 is 0 Å². The van der Waals surface area contributed by atoms with Gasteiger partial charge in [0.1, 0.15) is 5.69 Å². The Morgan fingerprint density at radius 1 is 0.970 bits per heavy atom. The molecule has 0 aromatic heterocycles. The maximum Gasteiger partial charge on any atom is 0.258 e. The Morgan fingerprint density at radius 3 is 2.24 bits per heavy atom. The third-order valence-electron chi connectivity index (χ3n) is 4.20. The van der Waals surface area contributed by atoms with Crippen LogP contribution in [0.1, 0.15) is 20.8 Å². The molecular formula is C22H25Cl2N3O6. The van der Waals surface area contributed by atoms with E-state index in [2.05, 4.69) is 15.5 Å². The zero-order valence-electron chi connectivity index (χ0n) is 18.9. The predicted molar refractivity (Wildman–Crippen MR) is 126 cm³/mol. The largest absolute Gasteiger partial charge is 0.493 e. The quantitative estimate of drug-likeness (QED) is 0.324. The highest BCUT2D eigenvalue weighted by Gasteiger charge is 2.25. The number of hydrogen-bond donors (Lipinski definition) is 1. The normalized spacial score (nSPS) is 11.7. The molecule has 33 heavy (non-hydrogen) atoms. The van der Waals surface area contributed by atoms with Crippen LogP contribution in [0.3, 0.4) is 0 Å². The number of ketones is 1. The lowest BCUT2D eigenvalue weighted by molar-refractivity contribution is -0.126. The Hall–Kier alpha value is -3.04. The van der Waals surface area contributed by atoms with Crippen molar-refractivity contribution in [1.82, 2.24) is 0 Å². The molecule has 0 heterocycles. The van der Waals surface area contributed by atoms with E-state index in [9.17, 15) is 9.59 Å². The summed E-state index contributed by atoms with van der Waals surface area (Å²) in [7, 11) is 2.88. The molecule has 1 atom stereocenters. The fraction of sp³-hybridized carbons (Fsp3) is 0.364. The van der Waals surface area contributed by atoms with Crippen LogP contribution in [0.25, 0.3) is 0 Å². The number of amides is 1. The molecule has 0 fully saturated rings. The number of hydrogen-bond acceptors (Lipinski definition) is 8. The molecule has 0 saturated heterocycles. The van der Waals surface area contributed by atoms with Gasteiger partial charge in [-0.1, -0.05) is 23.2 Å². The standard InChI is InChI=1S/C22H25Cl2N3O6/c1-6-32-18-9-13(23)8-16(21(18)33-7-2)26-27-19(12(3)28)22(29)25-14-10-15(24)20(31-5)17(11-14)30-4/h8-11,19H,6-7H2,1-5H3,(H,25,29). The first-order chi connectivity index (χ1) is 15.7. The summed E-state index contributed by atoms with van der Waals surface area (Å²) in [5.74, 6) is 0.0819. The van der Waals surface area contributed by atoms with Gasteiger partial charge < -0.3 is 24.3 Å². The Labute approximate surface area is 202 Å². The number of benzene rings is 2. The highest BCUT2D eigenvalue weighted by molar-refractivity contribution is 6.32. The summed E-state index contributed by atoms with van der Waals surface area (Å²) in [5.41, 5.74) is 0.515. The summed E-state index contributed by atoms with van der Waals surface area (Å²) in [6.45, 7) is 5.56. The molecule has 0 aliphatic rings. The van der Waals surface area contributed by atoms with Crippen LogP contribution in [0.5, 0.6) is 23.0 Å². The number of nitrogens with one attached hydrogen (secondary N) is 1. The maximum absolute atomic E-state index is 12.8. The van der Waals surface area contributed by atoms with Crippen LogP contribution in [-0.4, -0.2) is 45.2 Å². The highest BCUT2D eigenvalue weighted by atomic mass is 35.5. The van der Waals surface area contributed by atoms with Crippen molar-refractivity contribution < 1.29 is 28.5 Å². The van der Waals surface area contributed by atoms with Gasteiger partial charge in [0.05, 0.1) is 32.5 Å². The first-order valence-electron chi connectivity index (χ1n) is 9.98. The van der Waals surface area contributed by atoms with Crippen LogP contribution < -0.4 is 24.3 Å². The fourth-order valence-corrected chi connectivity index (χ4v) is 3.31. The van der Waals surface area contributed by atoms with E-state index in [1.165, 1.54) is 39.3 Å². The second-order valence-electron chi connectivity index (χ2n) is 6.53. The topological polar surface area (TPSA) is 108 Å². The second-order valence-corrected chi connectivity index (χ2v) is 7.37. The van der Waals surface area contributed by atoms with E-state index in [0.29, 0.717) is 46.9 Å². The molecule has 2 aromatic rings. The van der Waals surface area contributed by atoms with Gasteiger partial charge >= 0.3 is 0 Å².